The maximum Gasteiger partial charge on any atom is 0.294 e. The minimum Gasteiger partial charge on any atom is -0.475 e. The van der Waals surface area contributed by atoms with Gasteiger partial charge in [0.15, 0.2) is 0 Å². The zero-order valence-corrected chi connectivity index (χ0v) is 17.0. The van der Waals surface area contributed by atoms with Crippen molar-refractivity contribution in [3.63, 3.8) is 0 Å². The normalized spacial score (nSPS) is 14.1. The first kappa shape index (κ1) is 22.6. The Morgan fingerprint density at radius 3 is 2.55 bits per heavy atom. The van der Waals surface area contributed by atoms with E-state index in [9.17, 15) is 19.7 Å². The van der Waals surface area contributed by atoms with Gasteiger partial charge in [0.2, 0.25) is 0 Å². The molecule has 1 atom stereocenters. The lowest BCUT2D eigenvalue weighted by molar-refractivity contribution is -0.757. The van der Waals surface area contributed by atoms with E-state index in [0.717, 1.165) is 32.2 Å². The van der Waals surface area contributed by atoms with E-state index in [0.29, 0.717) is 29.7 Å². The van der Waals surface area contributed by atoms with Crippen molar-refractivity contribution >= 4 is 11.8 Å². The zero-order valence-electron chi connectivity index (χ0n) is 17.0. The Labute approximate surface area is 170 Å². The number of hydrogen-bond donors (Lipinski definition) is 1. The molecule has 1 N–H and O–H groups in total. The molecule has 160 valence electrons. The fourth-order valence-corrected chi connectivity index (χ4v) is 3.23. The molecule has 0 aromatic heterocycles. The predicted molar refractivity (Wildman–Crippen MR) is 106 cm³/mol. The van der Waals surface area contributed by atoms with Crippen LogP contribution in [-0.2, 0) is 4.84 Å². The van der Waals surface area contributed by atoms with E-state index in [1.165, 1.54) is 4.90 Å². The van der Waals surface area contributed by atoms with E-state index in [1.54, 1.807) is 18.2 Å². The van der Waals surface area contributed by atoms with Crippen molar-refractivity contribution in [1.82, 2.24) is 10.2 Å². The average Bonchev–Trinajstić information content (AvgIpc) is 2.92. The fourth-order valence-electron chi connectivity index (χ4n) is 3.23. The highest BCUT2D eigenvalue weighted by Crippen LogP contribution is 2.28. The Bertz CT molecular complexity index is 724. The molecule has 0 spiro atoms. The van der Waals surface area contributed by atoms with Gasteiger partial charge in [0, 0.05) is 6.54 Å². The first-order valence-corrected chi connectivity index (χ1v) is 10.2. The first-order valence-electron chi connectivity index (χ1n) is 10.2. The number of nitrogens with one attached hydrogen (secondary N) is 1. The fraction of sp³-hybridized carbons (Fsp3) is 0.600. The first-order chi connectivity index (χ1) is 14.0. The Kier molecular flexibility index (Phi) is 8.85. The van der Waals surface area contributed by atoms with E-state index >= 15 is 0 Å². The molecule has 0 bridgehead atoms. The number of fused-ring (bicyclic) bond motifs is 1. The lowest BCUT2D eigenvalue weighted by Crippen LogP contribution is -2.34. The van der Waals surface area contributed by atoms with Gasteiger partial charge in [-0.1, -0.05) is 26.7 Å². The number of carbonyl (C=O) groups excluding carboxylic acids is 2. The highest BCUT2D eigenvalue weighted by Gasteiger charge is 2.35. The molecule has 1 aliphatic heterocycles. The van der Waals surface area contributed by atoms with Crippen molar-refractivity contribution in [2.75, 3.05) is 19.7 Å². The summed E-state index contributed by atoms with van der Waals surface area (Å²) in [7, 11) is 0. The minimum atomic E-state index is -0.855. The van der Waals surface area contributed by atoms with E-state index < -0.39 is 5.09 Å². The summed E-state index contributed by atoms with van der Waals surface area (Å²) in [6.07, 6.45) is 4.84. The average molecular weight is 407 g/mol. The molecule has 1 heterocycles. The van der Waals surface area contributed by atoms with Gasteiger partial charge < -0.3 is 9.57 Å². The molecular weight excluding hydrogens is 378 g/mol. The summed E-state index contributed by atoms with van der Waals surface area (Å²) in [5.74, 6) is -0.164. The van der Waals surface area contributed by atoms with Gasteiger partial charge in [-0.15, -0.1) is 10.1 Å². The van der Waals surface area contributed by atoms with E-state index in [1.807, 2.05) is 6.92 Å². The van der Waals surface area contributed by atoms with Gasteiger partial charge in [-0.05, 0) is 50.4 Å². The number of unbranched alkanes of at least 4 members (excludes halogenated alkanes) is 3. The van der Waals surface area contributed by atoms with Crippen LogP contribution < -0.4 is 10.1 Å². The van der Waals surface area contributed by atoms with Crippen molar-refractivity contribution in [2.24, 2.45) is 0 Å². The summed E-state index contributed by atoms with van der Waals surface area (Å²) >= 11 is 0. The molecule has 0 radical (unpaired) electrons. The van der Waals surface area contributed by atoms with Crippen molar-refractivity contribution in [2.45, 2.75) is 58.6 Å². The third-order valence-electron chi connectivity index (χ3n) is 4.69. The van der Waals surface area contributed by atoms with Gasteiger partial charge in [0.25, 0.3) is 16.9 Å². The zero-order chi connectivity index (χ0) is 21.2. The summed E-state index contributed by atoms with van der Waals surface area (Å²) in [6, 6.07) is 4.95. The smallest absolute Gasteiger partial charge is 0.294 e. The molecule has 9 nitrogen and oxygen atoms in total. The van der Waals surface area contributed by atoms with Gasteiger partial charge in [0.1, 0.15) is 12.0 Å². The summed E-state index contributed by atoms with van der Waals surface area (Å²) < 4.78 is 6.01. The Morgan fingerprint density at radius 2 is 1.86 bits per heavy atom. The second-order valence-electron chi connectivity index (χ2n) is 6.89. The number of nitrogens with zero attached hydrogens (tertiary/aromatic N) is 2. The molecule has 0 fully saturated rings. The summed E-state index contributed by atoms with van der Waals surface area (Å²) in [6.45, 7) is 5.06. The predicted octanol–water partition coefficient (Wildman–Crippen LogP) is 3.17. The highest BCUT2D eigenvalue weighted by molar-refractivity contribution is 6.21. The number of carbonyl (C=O) groups is 2. The van der Waals surface area contributed by atoms with Crippen molar-refractivity contribution in [3.05, 3.63) is 39.4 Å². The Hall–Kier alpha value is -2.68. The number of imide groups is 1. The van der Waals surface area contributed by atoms with Crippen LogP contribution in [0.1, 0.15) is 73.1 Å². The maximum atomic E-state index is 12.6. The lowest BCUT2D eigenvalue weighted by atomic mass is 10.1. The van der Waals surface area contributed by atoms with Crippen molar-refractivity contribution in [3.8, 4) is 5.75 Å². The van der Waals surface area contributed by atoms with Gasteiger partial charge in [-0.25, -0.2) is 0 Å². The summed E-state index contributed by atoms with van der Waals surface area (Å²) in [4.78, 5) is 40.7. The molecule has 9 heteroatoms. The van der Waals surface area contributed by atoms with Crippen LogP contribution in [0, 0.1) is 10.1 Å². The molecule has 1 aliphatic rings. The van der Waals surface area contributed by atoms with Gasteiger partial charge in [0.05, 0.1) is 17.7 Å². The topological polar surface area (TPSA) is 111 Å². The van der Waals surface area contributed by atoms with Crippen LogP contribution in [0.25, 0.3) is 0 Å². The number of ether oxygens (including phenoxy) is 1. The Balaban J connectivity index is 1.97. The molecule has 2 amide bonds. The highest BCUT2D eigenvalue weighted by atomic mass is 16.9. The SMILES string of the molecule is CCCCCC(NCC)Oc1ccc2c(c1)C(=O)N(CCCCO[N+](=O)[O-])C2=O. The second kappa shape index (κ2) is 11.4. The van der Waals surface area contributed by atoms with Crippen LogP contribution in [-0.4, -0.2) is 47.7 Å². The standard InChI is InChI=1S/C20H29N3O6/c1-3-5-6-9-18(21-4-2)29-15-10-11-16-17(14-15)20(25)22(19(16)24)12-7-8-13-28-23(26)27/h10-11,14,18,21H,3-9,12-13H2,1-2H3. The molecule has 0 saturated carbocycles. The number of amides is 2. The van der Waals surface area contributed by atoms with Gasteiger partial charge in [-0.2, -0.15) is 0 Å². The molecule has 1 unspecified atom stereocenters. The third-order valence-corrected chi connectivity index (χ3v) is 4.69. The van der Waals surface area contributed by atoms with Gasteiger partial charge >= 0.3 is 0 Å². The third kappa shape index (κ3) is 6.42. The Morgan fingerprint density at radius 1 is 1.10 bits per heavy atom. The molecule has 1 aromatic rings. The molecular formula is C20H29N3O6. The summed E-state index contributed by atoms with van der Waals surface area (Å²) in [5, 5.41) is 12.6. The second-order valence-corrected chi connectivity index (χ2v) is 6.89. The lowest BCUT2D eigenvalue weighted by Gasteiger charge is -2.20. The van der Waals surface area contributed by atoms with E-state index in [4.69, 9.17) is 4.74 Å². The molecule has 1 aromatic carbocycles. The monoisotopic (exact) mass is 407 g/mol. The van der Waals surface area contributed by atoms with E-state index in [-0.39, 0.29) is 31.2 Å². The quantitative estimate of drug-likeness (QED) is 0.166. The molecule has 2 rings (SSSR count). The van der Waals surface area contributed by atoms with Crippen LogP contribution in [0.4, 0.5) is 0 Å². The largest absolute Gasteiger partial charge is 0.475 e. The van der Waals surface area contributed by atoms with Crippen LogP contribution in [0.15, 0.2) is 18.2 Å². The van der Waals surface area contributed by atoms with Crippen LogP contribution in [0.2, 0.25) is 0 Å². The number of benzene rings is 1. The van der Waals surface area contributed by atoms with Crippen LogP contribution >= 0.6 is 0 Å². The maximum absolute atomic E-state index is 12.6. The van der Waals surface area contributed by atoms with Crippen LogP contribution in [0.3, 0.4) is 0 Å². The van der Waals surface area contributed by atoms with Gasteiger partial charge in [-0.3, -0.25) is 19.8 Å². The molecule has 0 aliphatic carbocycles. The minimum absolute atomic E-state index is 0.0575. The van der Waals surface area contributed by atoms with E-state index in [2.05, 4.69) is 17.1 Å². The summed E-state index contributed by atoms with van der Waals surface area (Å²) in [5.41, 5.74) is 0.688. The van der Waals surface area contributed by atoms with Crippen LogP contribution in [0.5, 0.6) is 5.75 Å². The molecule has 29 heavy (non-hydrogen) atoms. The molecule has 0 saturated heterocycles. The number of hydrogen-bond acceptors (Lipinski definition) is 7. The van der Waals surface area contributed by atoms with Crippen molar-refractivity contribution in [1.29, 1.82) is 0 Å². The number of rotatable bonds is 14. The van der Waals surface area contributed by atoms with Crippen molar-refractivity contribution < 1.29 is 24.3 Å².